The van der Waals surface area contributed by atoms with Gasteiger partial charge in [0, 0.05) is 23.0 Å². The van der Waals surface area contributed by atoms with Crippen molar-refractivity contribution in [3.8, 4) is 11.5 Å². The molecule has 0 aliphatic heterocycles. The van der Waals surface area contributed by atoms with E-state index in [2.05, 4.69) is 10.0 Å². The maximum absolute atomic E-state index is 13.8. The van der Waals surface area contributed by atoms with E-state index in [4.69, 9.17) is 9.47 Å². The third-order valence-corrected chi connectivity index (χ3v) is 5.85. The number of ether oxygens (including phenoxy) is 2. The van der Waals surface area contributed by atoms with Crippen molar-refractivity contribution >= 4 is 27.3 Å². The number of hydrogen-bond donors (Lipinski definition) is 2. The molecule has 0 radical (unpaired) electrons. The number of benzene rings is 3. The minimum Gasteiger partial charge on any atom is -0.493 e. The lowest BCUT2D eigenvalue weighted by atomic mass is 10.2. The molecule has 1 amide bonds. The van der Waals surface area contributed by atoms with Crippen molar-refractivity contribution in [3.05, 3.63) is 77.6 Å². The summed E-state index contributed by atoms with van der Waals surface area (Å²) in [6.07, 6.45) is 0. The summed E-state index contributed by atoms with van der Waals surface area (Å²) in [6, 6.07) is 14.5. The molecule has 31 heavy (non-hydrogen) atoms. The Morgan fingerprint density at radius 3 is 2.32 bits per heavy atom. The molecule has 0 saturated carbocycles. The topological polar surface area (TPSA) is 93.7 Å². The van der Waals surface area contributed by atoms with Gasteiger partial charge in [-0.25, -0.2) is 12.8 Å². The molecule has 0 aliphatic carbocycles. The molecule has 162 valence electrons. The Labute approximate surface area is 179 Å². The van der Waals surface area contributed by atoms with Crippen molar-refractivity contribution in [3.63, 3.8) is 0 Å². The molecule has 0 aliphatic rings. The Balaban J connectivity index is 1.79. The smallest absolute Gasteiger partial charge is 0.261 e. The molecule has 0 saturated heterocycles. The third-order valence-electron chi connectivity index (χ3n) is 4.47. The molecule has 0 heterocycles. The van der Waals surface area contributed by atoms with Crippen LogP contribution in [0.3, 0.4) is 0 Å². The van der Waals surface area contributed by atoms with Crippen molar-refractivity contribution in [2.24, 2.45) is 0 Å². The highest BCUT2D eigenvalue weighted by molar-refractivity contribution is 7.92. The summed E-state index contributed by atoms with van der Waals surface area (Å²) in [5.74, 6) is -0.0999. The van der Waals surface area contributed by atoms with Gasteiger partial charge < -0.3 is 14.8 Å². The zero-order valence-corrected chi connectivity index (χ0v) is 17.9. The average molecular weight is 444 g/mol. The lowest BCUT2D eigenvalue weighted by Gasteiger charge is -2.12. The summed E-state index contributed by atoms with van der Waals surface area (Å²) in [5.41, 5.74) is 1.21. The van der Waals surface area contributed by atoms with Gasteiger partial charge in [-0.15, -0.1) is 0 Å². The van der Waals surface area contributed by atoms with E-state index in [-0.39, 0.29) is 16.1 Å². The second-order valence-electron chi connectivity index (χ2n) is 6.62. The van der Waals surface area contributed by atoms with Crippen LogP contribution in [0.4, 0.5) is 15.8 Å². The van der Waals surface area contributed by atoms with Crippen LogP contribution in [0.2, 0.25) is 0 Å². The largest absolute Gasteiger partial charge is 0.493 e. The molecule has 3 aromatic carbocycles. The lowest BCUT2D eigenvalue weighted by molar-refractivity contribution is 0.102. The molecule has 0 bridgehead atoms. The van der Waals surface area contributed by atoms with Gasteiger partial charge in [-0.3, -0.25) is 9.52 Å². The minimum atomic E-state index is -4.02. The van der Waals surface area contributed by atoms with Crippen LogP contribution in [-0.4, -0.2) is 28.5 Å². The molecule has 0 aromatic heterocycles. The Hall–Kier alpha value is -3.59. The number of aryl methyl sites for hydroxylation is 1. The third kappa shape index (κ3) is 5.13. The van der Waals surface area contributed by atoms with Crippen LogP contribution >= 0.6 is 0 Å². The first kappa shape index (κ1) is 22.1. The van der Waals surface area contributed by atoms with Crippen LogP contribution in [0.1, 0.15) is 15.9 Å². The van der Waals surface area contributed by atoms with Gasteiger partial charge in [0.25, 0.3) is 15.9 Å². The summed E-state index contributed by atoms with van der Waals surface area (Å²) in [6.45, 7) is 1.54. The maximum Gasteiger partial charge on any atom is 0.261 e. The van der Waals surface area contributed by atoms with Gasteiger partial charge in [-0.1, -0.05) is 12.1 Å². The van der Waals surface area contributed by atoms with E-state index < -0.39 is 21.7 Å². The van der Waals surface area contributed by atoms with E-state index in [0.717, 1.165) is 6.07 Å². The van der Waals surface area contributed by atoms with Crippen LogP contribution < -0.4 is 19.5 Å². The molecule has 7 nitrogen and oxygen atoms in total. The molecular weight excluding hydrogens is 423 g/mol. The van der Waals surface area contributed by atoms with Crippen molar-refractivity contribution in [1.29, 1.82) is 0 Å². The first-order chi connectivity index (χ1) is 14.7. The lowest BCUT2D eigenvalue weighted by Crippen LogP contribution is -2.15. The normalized spacial score (nSPS) is 11.0. The van der Waals surface area contributed by atoms with Gasteiger partial charge in [-0.05, 0) is 55.0 Å². The fourth-order valence-corrected chi connectivity index (χ4v) is 3.86. The van der Waals surface area contributed by atoms with Crippen molar-refractivity contribution in [1.82, 2.24) is 0 Å². The number of hydrogen-bond acceptors (Lipinski definition) is 5. The highest BCUT2D eigenvalue weighted by Gasteiger charge is 2.17. The van der Waals surface area contributed by atoms with Gasteiger partial charge in [0.05, 0.1) is 19.1 Å². The predicted octanol–water partition coefficient (Wildman–Crippen LogP) is 4.20. The zero-order chi connectivity index (χ0) is 22.6. The van der Waals surface area contributed by atoms with Crippen LogP contribution in [0.15, 0.2) is 65.6 Å². The fourth-order valence-electron chi connectivity index (χ4n) is 2.80. The van der Waals surface area contributed by atoms with Crippen molar-refractivity contribution in [2.75, 3.05) is 24.3 Å². The summed E-state index contributed by atoms with van der Waals surface area (Å²) >= 11 is 0. The Kier molecular flexibility index (Phi) is 6.45. The Bertz CT molecular complexity index is 1230. The average Bonchev–Trinajstić information content (AvgIpc) is 2.75. The quantitative estimate of drug-likeness (QED) is 0.570. The van der Waals surface area contributed by atoms with Crippen LogP contribution in [0.5, 0.6) is 11.5 Å². The van der Waals surface area contributed by atoms with Gasteiger partial charge >= 0.3 is 0 Å². The molecule has 0 fully saturated rings. The SMILES string of the molecule is COc1ccc(NC(=O)c2cccc(NS(=O)(=O)c3ccc(C)c(F)c3)c2)cc1OC. The second kappa shape index (κ2) is 9.05. The minimum absolute atomic E-state index is 0.168. The van der Waals surface area contributed by atoms with Gasteiger partial charge in [-0.2, -0.15) is 0 Å². The van der Waals surface area contributed by atoms with Gasteiger partial charge in [0.2, 0.25) is 0 Å². The van der Waals surface area contributed by atoms with E-state index in [9.17, 15) is 17.6 Å². The molecule has 3 rings (SSSR count). The van der Waals surface area contributed by atoms with Crippen molar-refractivity contribution in [2.45, 2.75) is 11.8 Å². The summed E-state index contributed by atoms with van der Waals surface area (Å²) in [4.78, 5) is 12.4. The monoisotopic (exact) mass is 444 g/mol. The maximum atomic E-state index is 13.8. The number of rotatable bonds is 7. The van der Waals surface area contributed by atoms with E-state index in [1.54, 1.807) is 31.2 Å². The molecule has 9 heteroatoms. The van der Waals surface area contributed by atoms with Gasteiger partial charge in [0.15, 0.2) is 11.5 Å². The van der Waals surface area contributed by atoms with E-state index in [1.807, 2.05) is 0 Å². The molecule has 0 atom stereocenters. The van der Waals surface area contributed by atoms with Gasteiger partial charge in [0.1, 0.15) is 5.82 Å². The van der Waals surface area contributed by atoms with Crippen LogP contribution in [-0.2, 0) is 10.0 Å². The molecule has 0 unspecified atom stereocenters. The van der Waals surface area contributed by atoms with Crippen LogP contribution in [0, 0.1) is 12.7 Å². The van der Waals surface area contributed by atoms with Crippen molar-refractivity contribution < 1.29 is 27.1 Å². The molecular formula is C22H21FN2O5S. The number of amides is 1. The van der Waals surface area contributed by atoms with E-state index in [0.29, 0.717) is 22.7 Å². The number of sulfonamides is 1. The summed E-state index contributed by atoms with van der Waals surface area (Å²) in [7, 11) is -1.03. The number of carbonyl (C=O) groups excluding carboxylic acids is 1. The number of methoxy groups -OCH3 is 2. The summed E-state index contributed by atoms with van der Waals surface area (Å²) < 4.78 is 51.6. The fraction of sp³-hybridized carbons (Fsp3) is 0.136. The highest BCUT2D eigenvalue weighted by Crippen LogP contribution is 2.30. The number of halogens is 1. The van der Waals surface area contributed by atoms with E-state index >= 15 is 0 Å². The number of carbonyl (C=O) groups is 1. The second-order valence-corrected chi connectivity index (χ2v) is 8.30. The molecule has 2 N–H and O–H groups in total. The van der Waals surface area contributed by atoms with Crippen LogP contribution in [0.25, 0.3) is 0 Å². The van der Waals surface area contributed by atoms with E-state index in [1.165, 1.54) is 44.6 Å². The first-order valence-corrected chi connectivity index (χ1v) is 10.6. The predicted molar refractivity (Wildman–Crippen MR) is 116 cm³/mol. The Morgan fingerprint density at radius 1 is 0.903 bits per heavy atom. The highest BCUT2D eigenvalue weighted by atomic mass is 32.2. The first-order valence-electron chi connectivity index (χ1n) is 9.16. The number of anilines is 2. The summed E-state index contributed by atoms with van der Waals surface area (Å²) in [5, 5.41) is 2.72. The standard InChI is InChI=1S/C22H21FN2O5S/c1-14-7-9-18(13-19(14)23)31(27,28)25-17-6-4-5-15(11-17)22(26)24-16-8-10-20(29-2)21(12-16)30-3/h4-13,25H,1-3H3,(H,24,26). The number of nitrogens with one attached hydrogen (secondary N) is 2. The zero-order valence-electron chi connectivity index (χ0n) is 17.1. The Morgan fingerprint density at radius 2 is 1.65 bits per heavy atom. The molecule has 3 aromatic rings. The molecule has 0 spiro atoms.